The normalized spacial score (nSPS) is 10.7. The molecule has 10 heteroatoms. The van der Waals surface area contributed by atoms with Crippen LogP contribution in [0.1, 0.15) is 13.8 Å². The van der Waals surface area contributed by atoms with Gasteiger partial charge >= 0.3 is 0 Å². The smallest absolute Gasteiger partial charge is 0.233 e. The van der Waals surface area contributed by atoms with Gasteiger partial charge in [0.1, 0.15) is 5.75 Å². The van der Waals surface area contributed by atoms with Crippen LogP contribution in [0.4, 0.5) is 0 Å². The van der Waals surface area contributed by atoms with Crippen molar-refractivity contribution in [2.24, 2.45) is 0 Å². The summed E-state index contributed by atoms with van der Waals surface area (Å²) in [5.74, 6) is 7.65. The van der Waals surface area contributed by atoms with E-state index in [-0.39, 0.29) is 11.7 Å². The average Bonchev–Trinajstić information content (AvgIpc) is 2.99. The van der Waals surface area contributed by atoms with Gasteiger partial charge in [0.2, 0.25) is 16.2 Å². The number of nitrogen functional groups attached to an aromatic ring is 1. The van der Waals surface area contributed by atoms with E-state index in [9.17, 15) is 4.79 Å². The molecule has 2 rings (SSSR count). The molecule has 0 aliphatic carbocycles. The highest BCUT2D eigenvalue weighted by Gasteiger charge is 2.15. The third-order valence-electron chi connectivity index (χ3n) is 3.48. The summed E-state index contributed by atoms with van der Waals surface area (Å²) >= 11 is 8.75. The maximum atomic E-state index is 12.0. The fraction of sp³-hybridized carbons (Fsp3) is 0.438. The molecule has 0 aliphatic rings. The minimum absolute atomic E-state index is 0.0605. The van der Waals surface area contributed by atoms with E-state index in [1.807, 2.05) is 32.0 Å². The number of halogens is 1. The molecule has 142 valence electrons. The molecule has 1 aromatic carbocycles. The van der Waals surface area contributed by atoms with Gasteiger partial charge in [0.25, 0.3) is 0 Å². The lowest BCUT2D eigenvalue weighted by Crippen LogP contribution is -2.32. The Morgan fingerprint density at radius 3 is 2.54 bits per heavy atom. The van der Waals surface area contributed by atoms with Crippen LogP contribution in [0.5, 0.6) is 5.75 Å². The van der Waals surface area contributed by atoms with Gasteiger partial charge in [-0.3, -0.25) is 4.79 Å². The standard InChI is InChI=1S/C16H22ClN5O2S2/c1-3-21(4-2)14(23)11-26-16-20-19-15(22(16)18)25-10-9-24-13-8-6-5-7-12(13)17/h5-8H,3-4,9-11,18H2,1-2H3. The lowest BCUT2D eigenvalue weighted by Gasteiger charge is -2.17. The first-order valence-corrected chi connectivity index (χ1v) is 10.5. The summed E-state index contributed by atoms with van der Waals surface area (Å²) in [5.41, 5.74) is 0. The Hall–Kier alpha value is -1.58. The van der Waals surface area contributed by atoms with Crippen LogP contribution >= 0.6 is 35.1 Å². The first-order valence-electron chi connectivity index (χ1n) is 8.18. The minimum Gasteiger partial charge on any atom is -0.491 e. The number of para-hydroxylation sites is 1. The zero-order valence-electron chi connectivity index (χ0n) is 14.7. The number of hydrogen-bond acceptors (Lipinski definition) is 7. The lowest BCUT2D eigenvalue weighted by molar-refractivity contribution is -0.127. The summed E-state index contributed by atoms with van der Waals surface area (Å²) in [6, 6.07) is 7.32. The summed E-state index contributed by atoms with van der Waals surface area (Å²) in [7, 11) is 0. The van der Waals surface area contributed by atoms with Crippen LogP contribution in [-0.2, 0) is 4.79 Å². The molecule has 0 saturated heterocycles. The maximum Gasteiger partial charge on any atom is 0.233 e. The summed E-state index contributed by atoms with van der Waals surface area (Å²) in [4.78, 5) is 13.8. The Bertz CT molecular complexity index is 724. The zero-order chi connectivity index (χ0) is 18.9. The van der Waals surface area contributed by atoms with E-state index >= 15 is 0 Å². The molecule has 0 unspecified atom stereocenters. The van der Waals surface area contributed by atoms with Crippen LogP contribution in [0.3, 0.4) is 0 Å². The van der Waals surface area contributed by atoms with Gasteiger partial charge in [-0.25, -0.2) is 4.68 Å². The number of carbonyl (C=O) groups is 1. The molecule has 1 amide bonds. The molecular weight excluding hydrogens is 394 g/mol. The van der Waals surface area contributed by atoms with E-state index in [0.717, 1.165) is 0 Å². The Kier molecular flexibility index (Phi) is 8.40. The van der Waals surface area contributed by atoms with Crippen molar-refractivity contribution in [3.63, 3.8) is 0 Å². The number of ether oxygens (including phenoxy) is 1. The molecule has 2 aromatic rings. The highest BCUT2D eigenvalue weighted by atomic mass is 35.5. The van der Waals surface area contributed by atoms with Gasteiger partial charge in [0.05, 0.1) is 17.4 Å². The van der Waals surface area contributed by atoms with Crippen molar-refractivity contribution in [2.75, 3.05) is 37.0 Å². The number of carbonyl (C=O) groups excluding carboxylic acids is 1. The van der Waals surface area contributed by atoms with Crippen molar-refractivity contribution in [2.45, 2.75) is 24.2 Å². The third-order valence-corrected chi connectivity index (χ3v) is 5.63. The Morgan fingerprint density at radius 2 is 1.88 bits per heavy atom. The highest BCUT2D eigenvalue weighted by Crippen LogP contribution is 2.24. The summed E-state index contributed by atoms with van der Waals surface area (Å²) in [6.45, 7) is 5.76. The molecule has 26 heavy (non-hydrogen) atoms. The average molecular weight is 416 g/mol. The Labute approximate surface area is 166 Å². The van der Waals surface area contributed by atoms with E-state index < -0.39 is 0 Å². The minimum atomic E-state index is 0.0605. The van der Waals surface area contributed by atoms with Crippen LogP contribution < -0.4 is 10.6 Å². The number of nitrogens with two attached hydrogens (primary N) is 1. The molecule has 1 heterocycles. The number of amides is 1. The number of nitrogens with zero attached hydrogens (tertiary/aromatic N) is 4. The fourth-order valence-corrected chi connectivity index (χ4v) is 3.78. The van der Waals surface area contributed by atoms with Crippen molar-refractivity contribution < 1.29 is 9.53 Å². The second kappa shape index (κ2) is 10.5. The molecular formula is C16H22ClN5O2S2. The molecule has 7 nitrogen and oxygen atoms in total. The molecule has 2 N–H and O–H groups in total. The van der Waals surface area contributed by atoms with Crippen molar-refractivity contribution in [1.82, 2.24) is 19.8 Å². The summed E-state index contributed by atoms with van der Waals surface area (Å²) < 4.78 is 7.03. The van der Waals surface area contributed by atoms with Crippen LogP contribution in [0.25, 0.3) is 0 Å². The number of benzene rings is 1. The topological polar surface area (TPSA) is 86.3 Å². The van der Waals surface area contributed by atoms with Crippen LogP contribution in [0.15, 0.2) is 34.6 Å². The van der Waals surface area contributed by atoms with Gasteiger partial charge in [0, 0.05) is 18.8 Å². The third kappa shape index (κ3) is 5.72. The summed E-state index contributed by atoms with van der Waals surface area (Å²) in [6.07, 6.45) is 0. The first kappa shape index (κ1) is 20.7. The predicted molar refractivity (Wildman–Crippen MR) is 106 cm³/mol. The number of thioether (sulfide) groups is 2. The molecule has 0 aliphatic heterocycles. The van der Waals surface area contributed by atoms with E-state index in [1.165, 1.54) is 28.2 Å². The summed E-state index contributed by atoms with van der Waals surface area (Å²) in [5, 5.41) is 9.78. The van der Waals surface area contributed by atoms with Gasteiger partial charge < -0.3 is 15.5 Å². The van der Waals surface area contributed by atoms with E-state index in [1.54, 1.807) is 11.0 Å². The van der Waals surface area contributed by atoms with Gasteiger partial charge in [-0.15, -0.1) is 10.2 Å². The fourth-order valence-electron chi connectivity index (χ4n) is 2.10. The van der Waals surface area contributed by atoms with Crippen molar-refractivity contribution in [3.05, 3.63) is 29.3 Å². The monoisotopic (exact) mass is 415 g/mol. The van der Waals surface area contributed by atoms with Crippen LogP contribution in [0, 0.1) is 0 Å². The highest BCUT2D eigenvalue weighted by molar-refractivity contribution is 8.00. The zero-order valence-corrected chi connectivity index (χ0v) is 17.1. The molecule has 0 atom stereocenters. The van der Waals surface area contributed by atoms with Gasteiger partial charge in [0.15, 0.2) is 0 Å². The van der Waals surface area contributed by atoms with Crippen LogP contribution in [-0.4, -0.2) is 56.9 Å². The van der Waals surface area contributed by atoms with E-state index in [4.69, 9.17) is 22.2 Å². The predicted octanol–water partition coefficient (Wildman–Crippen LogP) is 2.78. The van der Waals surface area contributed by atoms with Gasteiger partial charge in [-0.1, -0.05) is 47.3 Å². The molecule has 0 spiro atoms. The first-order chi connectivity index (χ1) is 12.6. The van der Waals surface area contributed by atoms with Gasteiger partial charge in [-0.05, 0) is 26.0 Å². The van der Waals surface area contributed by atoms with Crippen molar-refractivity contribution in [1.29, 1.82) is 0 Å². The van der Waals surface area contributed by atoms with Crippen LogP contribution in [0.2, 0.25) is 5.02 Å². The largest absolute Gasteiger partial charge is 0.491 e. The van der Waals surface area contributed by atoms with Crippen molar-refractivity contribution in [3.8, 4) is 5.75 Å². The Balaban J connectivity index is 1.79. The quantitative estimate of drug-likeness (QED) is 0.362. The van der Waals surface area contributed by atoms with Crippen molar-refractivity contribution >= 4 is 41.0 Å². The number of aromatic nitrogens is 3. The number of hydrogen-bond donors (Lipinski definition) is 1. The Morgan fingerprint density at radius 1 is 1.23 bits per heavy atom. The lowest BCUT2D eigenvalue weighted by atomic mass is 10.3. The molecule has 0 fully saturated rings. The molecule has 0 bridgehead atoms. The van der Waals surface area contributed by atoms with E-state index in [2.05, 4.69) is 10.2 Å². The second-order valence-corrected chi connectivity index (χ2v) is 7.53. The molecule has 0 radical (unpaired) electrons. The maximum absolute atomic E-state index is 12.0. The van der Waals surface area contributed by atoms with E-state index in [0.29, 0.717) is 46.5 Å². The van der Waals surface area contributed by atoms with Gasteiger partial charge in [-0.2, -0.15) is 0 Å². The second-order valence-electron chi connectivity index (χ2n) is 5.12. The SMILES string of the molecule is CCN(CC)C(=O)CSc1nnc(SCCOc2ccccc2Cl)n1N. The molecule has 1 aromatic heterocycles. The number of rotatable bonds is 10. The molecule has 0 saturated carbocycles.